The van der Waals surface area contributed by atoms with Gasteiger partial charge in [0.1, 0.15) is 11.9 Å². The molecule has 4 heteroatoms. The molecule has 0 aliphatic carbocycles. The highest BCUT2D eigenvalue weighted by Crippen LogP contribution is 2.41. The van der Waals surface area contributed by atoms with Gasteiger partial charge in [-0.15, -0.1) is 12.6 Å². The second kappa shape index (κ2) is 6.49. The lowest BCUT2D eigenvalue weighted by molar-refractivity contribution is 0.173. The van der Waals surface area contributed by atoms with Gasteiger partial charge in [0.05, 0.1) is 0 Å². The van der Waals surface area contributed by atoms with Crippen LogP contribution in [0.25, 0.3) is 0 Å². The number of fused-ring (bicyclic) bond motifs is 2. The van der Waals surface area contributed by atoms with Crippen LogP contribution in [-0.4, -0.2) is 12.9 Å². The van der Waals surface area contributed by atoms with Gasteiger partial charge in [0.2, 0.25) is 6.79 Å². The third-order valence-electron chi connectivity index (χ3n) is 5.27. The van der Waals surface area contributed by atoms with Crippen LogP contribution in [0.3, 0.4) is 0 Å². The normalized spacial score (nSPS) is 19.0. The van der Waals surface area contributed by atoms with Gasteiger partial charge in [0.25, 0.3) is 0 Å². The molecule has 0 fully saturated rings. The van der Waals surface area contributed by atoms with Crippen molar-refractivity contribution in [1.29, 1.82) is 0 Å². The van der Waals surface area contributed by atoms with E-state index in [1.165, 1.54) is 16.7 Å². The maximum atomic E-state index is 6.23. The van der Waals surface area contributed by atoms with E-state index in [0.29, 0.717) is 18.6 Å². The summed E-state index contributed by atoms with van der Waals surface area (Å²) in [5.41, 5.74) is 3.81. The predicted octanol–water partition coefficient (Wildman–Crippen LogP) is 5.15. The first-order chi connectivity index (χ1) is 12.0. The molecule has 0 amide bonds. The quantitative estimate of drug-likeness (QED) is 0.768. The maximum absolute atomic E-state index is 6.23. The molecule has 0 bridgehead atoms. The summed E-state index contributed by atoms with van der Waals surface area (Å²) >= 11 is 4.52. The van der Waals surface area contributed by atoms with Crippen molar-refractivity contribution in [2.75, 3.05) is 6.79 Å². The predicted molar refractivity (Wildman–Crippen MR) is 101 cm³/mol. The summed E-state index contributed by atoms with van der Waals surface area (Å²) in [5.74, 6) is 3.63. The highest BCUT2D eigenvalue weighted by Gasteiger charge is 2.29. The molecule has 0 spiro atoms. The van der Waals surface area contributed by atoms with Gasteiger partial charge in [-0.2, -0.15) is 0 Å². The van der Waals surface area contributed by atoms with E-state index in [9.17, 15) is 0 Å². The molecule has 3 nitrogen and oxygen atoms in total. The van der Waals surface area contributed by atoms with Gasteiger partial charge in [0, 0.05) is 11.3 Å². The molecule has 0 radical (unpaired) electrons. The molecular formula is C21H24O3S. The van der Waals surface area contributed by atoms with E-state index < -0.39 is 0 Å². The Labute approximate surface area is 154 Å². The first-order valence-electron chi connectivity index (χ1n) is 8.90. The second-order valence-electron chi connectivity index (χ2n) is 7.39. The minimum Gasteiger partial charge on any atom is -0.490 e. The molecule has 2 aromatic carbocycles. The highest BCUT2D eigenvalue weighted by atomic mass is 32.1. The number of hydrogen-bond donors (Lipinski definition) is 1. The van der Waals surface area contributed by atoms with E-state index in [0.717, 1.165) is 35.0 Å². The fraction of sp³-hybridized carbons (Fsp3) is 0.429. The van der Waals surface area contributed by atoms with Crippen molar-refractivity contribution in [3.63, 3.8) is 0 Å². The van der Waals surface area contributed by atoms with Crippen LogP contribution < -0.4 is 14.2 Å². The van der Waals surface area contributed by atoms with Crippen LogP contribution in [0, 0.1) is 12.8 Å². The molecule has 2 aliphatic rings. The number of thiol groups is 1. The minimum absolute atomic E-state index is 0.211. The highest BCUT2D eigenvalue weighted by molar-refractivity contribution is 7.80. The van der Waals surface area contributed by atoms with Crippen molar-refractivity contribution < 1.29 is 14.2 Å². The average molecular weight is 356 g/mol. The monoisotopic (exact) mass is 356 g/mol. The van der Waals surface area contributed by atoms with Gasteiger partial charge < -0.3 is 14.2 Å². The average Bonchev–Trinajstić information content (AvgIpc) is 3.18. The van der Waals surface area contributed by atoms with E-state index in [-0.39, 0.29) is 6.10 Å². The Morgan fingerprint density at radius 2 is 1.88 bits per heavy atom. The molecule has 25 heavy (non-hydrogen) atoms. The van der Waals surface area contributed by atoms with E-state index in [1.54, 1.807) is 0 Å². The Kier molecular flexibility index (Phi) is 4.32. The van der Waals surface area contributed by atoms with Gasteiger partial charge in [-0.3, -0.25) is 0 Å². The lowest BCUT2D eigenvalue weighted by Gasteiger charge is -2.24. The molecule has 2 heterocycles. The van der Waals surface area contributed by atoms with Crippen LogP contribution in [0.4, 0.5) is 0 Å². The summed E-state index contributed by atoms with van der Waals surface area (Å²) in [6.07, 6.45) is 2.17. The van der Waals surface area contributed by atoms with Crippen molar-refractivity contribution in [1.82, 2.24) is 0 Å². The van der Waals surface area contributed by atoms with Crippen molar-refractivity contribution in [3.8, 4) is 17.2 Å². The summed E-state index contributed by atoms with van der Waals surface area (Å²) in [6, 6.07) is 10.6. The first-order valence-corrected chi connectivity index (χ1v) is 9.34. The third kappa shape index (κ3) is 3.20. The Hall–Kier alpha value is -1.81. The molecular weight excluding hydrogens is 332 g/mol. The molecule has 0 saturated carbocycles. The number of ether oxygens (including phenoxy) is 3. The standard InChI is InChI=1S/C21H24O3S/c1-12(2)17(14-4-5-18-20(8-14)23-11-22-18)9-16-7-15-6-13(3)21(25)10-19(15)24-16/h4-6,8,10,12,16-17,25H,7,9,11H2,1-3H3. The summed E-state index contributed by atoms with van der Waals surface area (Å²) in [5, 5.41) is 0. The SMILES string of the molecule is Cc1cc2c(cc1S)OC(CC(c1ccc3c(c1)OCO3)C(C)C)C2. The van der Waals surface area contributed by atoms with Crippen molar-refractivity contribution >= 4 is 12.6 Å². The Morgan fingerprint density at radius 1 is 1.08 bits per heavy atom. The van der Waals surface area contributed by atoms with Crippen molar-refractivity contribution in [2.24, 2.45) is 5.92 Å². The van der Waals surface area contributed by atoms with Crippen molar-refractivity contribution in [3.05, 3.63) is 47.0 Å². The zero-order valence-electron chi connectivity index (χ0n) is 14.9. The zero-order valence-corrected chi connectivity index (χ0v) is 15.8. The lowest BCUT2D eigenvalue weighted by Crippen LogP contribution is -2.20. The number of benzene rings is 2. The molecule has 132 valence electrons. The molecule has 2 atom stereocenters. The van der Waals surface area contributed by atoms with Crippen LogP contribution in [0.1, 0.15) is 42.9 Å². The Morgan fingerprint density at radius 3 is 2.68 bits per heavy atom. The largest absolute Gasteiger partial charge is 0.490 e. The van der Waals surface area contributed by atoms with Crippen LogP contribution in [0.15, 0.2) is 35.2 Å². The fourth-order valence-corrected chi connectivity index (χ4v) is 4.01. The van der Waals surface area contributed by atoms with E-state index in [1.807, 2.05) is 6.07 Å². The number of aryl methyl sites for hydroxylation is 1. The van der Waals surface area contributed by atoms with Crippen molar-refractivity contribution in [2.45, 2.75) is 50.5 Å². The molecule has 4 rings (SSSR count). The fourth-order valence-electron chi connectivity index (χ4n) is 3.82. The molecule has 0 N–H and O–H groups in total. The molecule has 2 aromatic rings. The topological polar surface area (TPSA) is 27.7 Å². The summed E-state index contributed by atoms with van der Waals surface area (Å²) in [6.45, 7) is 6.96. The van der Waals surface area contributed by atoms with Gasteiger partial charge in [-0.25, -0.2) is 0 Å². The van der Waals surface area contributed by atoms with Crippen LogP contribution >= 0.6 is 12.6 Å². The van der Waals surface area contributed by atoms with Gasteiger partial charge >= 0.3 is 0 Å². The number of rotatable bonds is 4. The van der Waals surface area contributed by atoms with Crippen LogP contribution in [-0.2, 0) is 6.42 Å². The minimum atomic E-state index is 0.211. The number of hydrogen-bond acceptors (Lipinski definition) is 4. The Bertz CT molecular complexity index is 769. The maximum Gasteiger partial charge on any atom is 0.231 e. The zero-order chi connectivity index (χ0) is 17.6. The smallest absolute Gasteiger partial charge is 0.231 e. The summed E-state index contributed by atoms with van der Waals surface area (Å²) < 4.78 is 17.2. The van der Waals surface area contributed by atoms with E-state index in [2.05, 4.69) is 57.7 Å². The van der Waals surface area contributed by atoms with Gasteiger partial charge in [-0.05, 0) is 60.1 Å². The van der Waals surface area contributed by atoms with Crippen LogP contribution in [0.2, 0.25) is 0 Å². The Balaban J connectivity index is 1.53. The van der Waals surface area contributed by atoms with E-state index in [4.69, 9.17) is 14.2 Å². The third-order valence-corrected chi connectivity index (χ3v) is 5.75. The molecule has 0 saturated heterocycles. The summed E-state index contributed by atoms with van der Waals surface area (Å²) in [4.78, 5) is 0.996. The van der Waals surface area contributed by atoms with Crippen LogP contribution in [0.5, 0.6) is 17.2 Å². The molecule has 2 aliphatic heterocycles. The second-order valence-corrected chi connectivity index (χ2v) is 7.87. The molecule has 2 unspecified atom stereocenters. The van der Waals surface area contributed by atoms with Gasteiger partial charge in [0.15, 0.2) is 11.5 Å². The lowest BCUT2D eigenvalue weighted by atomic mass is 9.83. The van der Waals surface area contributed by atoms with Gasteiger partial charge in [-0.1, -0.05) is 26.0 Å². The summed E-state index contributed by atoms with van der Waals surface area (Å²) in [7, 11) is 0. The molecule has 0 aromatic heterocycles. The first kappa shape index (κ1) is 16.6. The van der Waals surface area contributed by atoms with E-state index >= 15 is 0 Å².